The van der Waals surface area contributed by atoms with Crippen LogP contribution in [0.5, 0.6) is 0 Å². The quantitative estimate of drug-likeness (QED) is 0.872. The minimum absolute atomic E-state index is 0.712. The number of rotatable bonds is 4. The van der Waals surface area contributed by atoms with Gasteiger partial charge in [-0.15, -0.1) is 11.3 Å². The van der Waals surface area contributed by atoms with Crippen LogP contribution in [0.2, 0.25) is 0 Å². The summed E-state index contributed by atoms with van der Waals surface area (Å²) in [5.41, 5.74) is 2.14. The second-order valence-corrected chi connectivity index (χ2v) is 4.63. The van der Waals surface area contributed by atoms with E-state index >= 15 is 0 Å². The lowest BCUT2D eigenvalue weighted by Gasteiger charge is -2.00. The second-order valence-electron chi connectivity index (χ2n) is 3.57. The molecule has 0 amide bonds. The topological polar surface area (TPSA) is 50.7 Å². The highest BCUT2D eigenvalue weighted by Gasteiger charge is 2.02. The van der Waals surface area contributed by atoms with Crippen molar-refractivity contribution in [2.75, 3.05) is 7.05 Å². The summed E-state index contributed by atoms with van der Waals surface area (Å²) in [5.74, 6) is 0.824. The van der Waals surface area contributed by atoms with E-state index in [2.05, 4.69) is 25.6 Å². The Labute approximate surface area is 98.8 Å². The van der Waals surface area contributed by atoms with Crippen LogP contribution >= 0.6 is 11.3 Å². The van der Waals surface area contributed by atoms with Gasteiger partial charge in [-0.05, 0) is 14.0 Å². The molecule has 2 heterocycles. The van der Waals surface area contributed by atoms with Gasteiger partial charge in [-0.1, -0.05) is 0 Å². The summed E-state index contributed by atoms with van der Waals surface area (Å²) in [6.45, 7) is 2.81. The fraction of sp³-hybridized carbons (Fsp3) is 0.364. The van der Waals surface area contributed by atoms with Crippen molar-refractivity contribution >= 4 is 11.3 Å². The molecule has 0 aliphatic carbocycles. The van der Waals surface area contributed by atoms with Crippen molar-refractivity contribution in [3.05, 3.63) is 39.9 Å². The number of nitrogens with zero attached hydrogens (tertiary/aromatic N) is 3. The largest absolute Gasteiger partial charge is 0.316 e. The maximum atomic E-state index is 4.39. The SMILES string of the molecule is CNCc1cnc(Cc2csc(C)n2)nc1. The molecule has 2 rings (SSSR count). The molecule has 4 nitrogen and oxygen atoms in total. The molecule has 0 saturated heterocycles. The van der Waals surface area contributed by atoms with Crippen LogP contribution in [0.25, 0.3) is 0 Å². The molecule has 0 fully saturated rings. The molecule has 0 unspecified atom stereocenters. The molecule has 0 aliphatic heterocycles. The zero-order valence-electron chi connectivity index (χ0n) is 9.40. The first kappa shape index (κ1) is 11.2. The van der Waals surface area contributed by atoms with Crippen molar-refractivity contribution in [3.8, 4) is 0 Å². The first-order valence-corrected chi connectivity index (χ1v) is 6.01. The van der Waals surface area contributed by atoms with Crippen LogP contribution in [-0.4, -0.2) is 22.0 Å². The third-order valence-electron chi connectivity index (χ3n) is 2.15. The monoisotopic (exact) mass is 234 g/mol. The highest BCUT2D eigenvalue weighted by Crippen LogP contribution is 2.10. The summed E-state index contributed by atoms with van der Waals surface area (Å²) in [6.07, 6.45) is 4.43. The van der Waals surface area contributed by atoms with Crippen LogP contribution in [0.3, 0.4) is 0 Å². The number of aryl methyl sites for hydroxylation is 1. The summed E-state index contributed by atoms with van der Waals surface area (Å²) in [5, 5.41) is 6.21. The number of nitrogens with one attached hydrogen (secondary N) is 1. The number of thiazole rings is 1. The van der Waals surface area contributed by atoms with Crippen LogP contribution in [0.1, 0.15) is 22.1 Å². The van der Waals surface area contributed by atoms with Gasteiger partial charge in [0.2, 0.25) is 0 Å². The molecule has 0 atom stereocenters. The van der Waals surface area contributed by atoms with Crippen molar-refractivity contribution in [1.82, 2.24) is 20.3 Å². The van der Waals surface area contributed by atoms with Crippen molar-refractivity contribution in [1.29, 1.82) is 0 Å². The normalized spacial score (nSPS) is 10.6. The first-order chi connectivity index (χ1) is 7.78. The molecule has 0 aliphatic rings. The molecule has 16 heavy (non-hydrogen) atoms. The molecule has 0 radical (unpaired) electrons. The summed E-state index contributed by atoms with van der Waals surface area (Å²) >= 11 is 1.66. The van der Waals surface area contributed by atoms with Gasteiger partial charge in [0, 0.05) is 29.9 Å². The lowest BCUT2D eigenvalue weighted by molar-refractivity contribution is 0.797. The summed E-state index contributed by atoms with van der Waals surface area (Å²) in [7, 11) is 1.91. The number of aromatic nitrogens is 3. The van der Waals surface area contributed by atoms with E-state index in [9.17, 15) is 0 Å². The van der Waals surface area contributed by atoms with E-state index in [1.54, 1.807) is 11.3 Å². The van der Waals surface area contributed by atoms with Crippen LogP contribution < -0.4 is 5.32 Å². The zero-order valence-corrected chi connectivity index (χ0v) is 10.2. The second kappa shape index (κ2) is 5.14. The Balaban J connectivity index is 2.05. The van der Waals surface area contributed by atoms with Gasteiger partial charge in [0.1, 0.15) is 5.82 Å². The summed E-state index contributed by atoms with van der Waals surface area (Å²) in [4.78, 5) is 13.0. The van der Waals surface area contributed by atoms with Gasteiger partial charge in [0.25, 0.3) is 0 Å². The van der Waals surface area contributed by atoms with E-state index in [4.69, 9.17) is 0 Å². The molecule has 1 N–H and O–H groups in total. The van der Waals surface area contributed by atoms with E-state index in [1.807, 2.05) is 26.4 Å². The van der Waals surface area contributed by atoms with E-state index in [0.717, 1.165) is 28.6 Å². The molecule has 5 heteroatoms. The van der Waals surface area contributed by atoms with E-state index in [-0.39, 0.29) is 0 Å². The van der Waals surface area contributed by atoms with E-state index < -0.39 is 0 Å². The fourth-order valence-electron chi connectivity index (χ4n) is 1.42. The molecule has 2 aromatic rings. The molecular weight excluding hydrogens is 220 g/mol. The number of hydrogen-bond donors (Lipinski definition) is 1. The molecule has 0 aromatic carbocycles. The predicted molar refractivity (Wildman–Crippen MR) is 64.5 cm³/mol. The van der Waals surface area contributed by atoms with Crippen molar-refractivity contribution in [3.63, 3.8) is 0 Å². The van der Waals surface area contributed by atoms with Gasteiger partial charge in [-0.3, -0.25) is 0 Å². The Morgan fingerprint density at radius 1 is 1.31 bits per heavy atom. The maximum Gasteiger partial charge on any atom is 0.134 e. The molecular formula is C11H14N4S. The standard InChI is InChI=1S/C11H14N4S/c1-8-15-10(7-16-8)3-11-13-5-9(4-12-2)6-14-11/h5-7,12H,3-4H2,1-2H3. The Kier molecular flexibility index (Phi) is 3.58. The maximum absolute atomic E-state index is 4.39. The van der Waals surface area contributed by atoms with Crippen LogP contribution in [-0.2, 0) is 13.0 Å². The Morgan fingerprint density at radius 3 is 2.62 bits per heavy atom. The molecule has 0 spiro atoms. The molecule has 84 valence electrons. The van der Waals surface area contributed by atoms with Crippen molar-refractivity contribution < 1.29 is 0 Å². The predicted octanol–water partition coefficient (Wildman–Crippen LogP) is 1.55. The van der Waals surface area contributed by atoms with E-state index in [1.165, 1.54) is 0 Å². The number of hydrogen-bond acceptors (Lipinski definition) is 5. The van der Waals surface area contributed by atoms with Gasteiger partial charge in [-0.25, -0.2) is 15.0 Å². The lowest BCUT2D eigenvalue weighted by Crippen LogP contribution is -2.07. The van der Waals surface area contributed by atoms with E-state index in [0.29, 0.717) is 6.42 Å². The third-order valence-corrected chi connectivity index (χ3v) is 2.97. The van der Waals surface area contributed by atoms with Crippen molar-refractivity contribution in [2.24, 2.45) is 0 Å². The Hall–Kier alpha value is -1.33. The van der Waals surface area contributed by atoms with Gasteiger partial charge in [-0.2, -0.15) is 0 Å². The minimum Gasteiger partial charge on any atom is -0.316 e. The van der Waals surface area contributed by atoms with Crippen LogP contribution in [0.15, 0.2) is 17.8 Å². The highest BCUT2D eigenvalue weighted by molar-refractivity contribution is 7.09. The van der Waals surface area contributed by atoms with Crippen molar-refractivity contribution in [2.45, 2.75) is 19.9 Å². The summed E-state index contributed by atoms with van der Waals surface area (Å²) in [6, 6.07) is 0. The molecule has 2 aromatic heterocycles. The Morgan fingerprint density at radius 2 is 2.06 bits per heavy atom. The minimum atomic E-state index is 0.712. The van der Waals surface area contributed by atoms with Gasteiger partial charge < -0.3 is 5.32 Å². The van der Waals surface area contributed by atoms with Crippen LogP contribution in [0, 0.1) is 6.92 Å². The van der Waals surface area contributed by atoms with Gasteiger partial charge in [0.05, 0.1) is 17.1 Å². The Bertz CT molecular complexity index is 449. The molecule has 0 bridgehead atoms. The third kappa shape index (κ3) is 2.84. The zero-order chi connectivity index (χ0) is 11.4. The average Bonchev–Trinajstić information content (AvgIpc) is 2.67. The van der Waals surface area contributed by atoms with Gasteiger partial charge in [0.15, 0.2) is 0 Å². The highest BCUT2D eigenvalue weighted by atomic mass is 32.1. The van der Waals surface area contributed by atoms with Gasteiger partial charge >= 0.3 is 0 Å². The smallest absolute Gasteiger partial charge is 0.134 e. The summed E-state index contributed by atoms with van der Waals surface area (Å²) < 4.78 is 0. The molecule has 0 saturated carbocycles. The average molecular weight is 234 g/mol. The lowest BCUT2D eigenvalue weighted by atomic mass is 10.3. The fourth-order valence-corrected chi connectivity index (χ4v) is 2.03. The first-order valence-electron chi connectivity index (χ1n) is 5.13. The van der Waals surface area contributed by atoms with Crippen LogP contribution in [0.4, 0.5) is 0 Å².